The van der Waals surface area contributed by atoms with Crippen molar-refractivity contribution in [3.8, 4) is 11.5 Å². The van der Waals surface area contributed by atoms with Gasteiger partial charge in [-0.1, -0.05) is 31.5 Å². The molecule has 1 aliphatic carbocycles. The molecule has 184 valence electrons. The predicted molar refractivity (Wildman–Crippen MR) is 133 cm³/mol. The van der Waals surface area contributed by atoms with E-state index in [1.54, 1.807) is 24.3 Å². The minimum Gasteiger partial charge on any atom is -0.487 e. The Labute approximate surface area is 202 Å². The van der Waals surface area contributed by atoms with E-state index in [1.165, 1.54) is 17.8 Å². The summed E-state index contributed by atoms with van der Waals surface area (Å²) in [4.78, 5) is 13.3. The highest BCUT2D eigenvalue weighted by atomic mass is 32.2. The lowest BCUT2D eigenvalue weighted by Crippen LogP contribution is -2.48. The Morgan fingerprint density at radius 2 is 1.82 bits per heavy atom. The van der Waals surface area contributed by atoms with Gasteiger partial charge in [-0.2, -0.15) is 0 Å². The second kappa shape index (κ2) is 9.86. The molecule has 0 radical (unpaired) electrons. The molecule has 1 spiro atoms. The summed E-state index contributed by atoms with van der Waals surface area (Å²) in [6.07, 6.45) is 7.31. The number of amides is 1. The van der Waals surface area contributed by atoms with Crippen LogP contribution >= 0.6 is 0 Å². The van der Waals surface area contributed by atoms with Gasteiger partial charge in [0.15, 0.2) is 6.10 Å². The van der Waals surface area contributed by atoms with Crippen LogP contribution in [0.25, 0.3) is 0 Å². The number of sulfonamides is 1. The fourth-order valence-electron chi connectivity index (χ4n) is 4.93. The van der Waals surface area contributed by atoms with E-state index in [9.17, 15) is 13.2 Å². The largest absolute Gasteiger partial charge is 0.487 e. The number of anilines is 1. The molecule has 1 amide bonds. The summed E-state index contributed by atoms with van der Waals surface area (Å²) in [6, 6.07) is 14.6. The van der Waals surface area contributed by atoms with Gasteiger partial charge in [0.2, 0.25) is 10.0 Å². The summed E-state index contributed by atoms with van der Waals surface area (Å²) in [6.45, 7) is 1.91. The summed E-state index contributed by atoms with van der Waals surface area (Å²) in [5.41, 5.74) is 1.33. The van der Waals surface area contributed by atoms with Gasteiger partial charge >= 0.3 is 0 Å². The normalized spacial score (nSPS) is 20.0. The zero-order chi connectivity index (χ0) is 24.3. The van der Waals surface area contributed by atoms with Crippen LogP contribution in [-0.4, -0.2) is 39.3 Å². The summed E-state index contributed by atoms with van der Waals surface area (Å²) < 4.78 is 37.2. The van der Waals surface area contributed by atoms with E-state index < -0.39 is 16.1 Å². The highest BCUT2D eigenvalue weighted by Gasteiger charge is 2.42. The van der Waals surface area contributed by atoms with Gasteiger partial charge in [0, 0.05) is 19.0 Å². The summed E-state index contributed by atoms with van der Waals surface area (Å²) in [5.74, 6) is 1.22. The van der Waals surface area contributed by atoms with Gasteiger partial charge < -0.3 is 14.8 Å². The molecule has 4 rings (SSSR count). The molecule has 0 unspecified atom stereocenters. The molecule has 1 N–H and O–H groups in total. The van der Waals surface area contributed by atoms with Crippen molar-refractivity contribution < 1.29 is 22.7 Å². The second-order valence-electron chi connectivity index (χ2n) is 9.39. The number of carbonyl (C=O) groups is 1. The molecule has 8 heteroatoms. The lowest BCUT2D eigenvalue weighted by molar-refractivity contribution is -0.129. The first-order valence-electron chi connectivity index (χ1n) is 12.0. The van der Waals surface area contributed by atoms with Crippen LogP contribution in [0.4, 0.5) is 5.69 Å². The van der Waals surface area contributed by atoms with Crippen molar-refractivity contribution in [2.24, 2.45) is 0 Å². The second-order valence-corrected chi connectivity index (χ2v) is 11.4. The van der Waals surface area contributed by atoms with Crippen LogP contribution in [0.3, 0.4) is 0 Å². The molecule has 7 nitrogen and oxygen atoms in total. The van der Waals surface area contributed by atoms with E-state index in [1.807, 2.05) is 31.2 Å². The first-order chi connectivity index (χ1) is 16.2. The summed E-state index contributed by atoms with van der Waals surface area (Å²) in [5, 5.41) is 3.24. The lowest BCUT2D eigenvalue weighted by Gasteiger charge is -2.44. The van der Waals surface area contributed by atoms with E-state index in [0.717, 1.165) is 49.7 Å². The lowest BCUT2D eigenvalue weighted by atomic mass is 9.77. The third kappa shape index (κ3) is 5.32. The molecular weight excluding hydrogens is 452 g/mol. The number of carbonyl (C=O) groups excluding carboxylic acids is 1. The fourth-order valence-corrected chi connectivity index (χ4v) is 5.43. The Hall–Kier alpha value is -2.74. The third-order valence-electron chi connectivity index (χ3n) is 6.92. The van der Waals surface area contributed by atoms with E-state index >= 15 is 0 Å². The summed E-state index contributed by atoms with van der Waals surface area (Å²) >= 11 is 0. The smallest absolute Gasteiger partial charge is 0.261 e. The number of para-hydroxylation sites is 1. The SMILES string of the molecule is CC[C@@H](Oc1ccc(N(C)S(C)(=O)=O)cc1)C(=O)N[C@@H]1CC2(CCCCC2)Oc2ccccc21. The molecule has 34 heavy (non-hydrogen) atoms. The van der Waals surface area contributed by atoms with Crippen molar-refractivity contribution in [2.45, 2.75) is 69.6 Å². The molecule has 1 aliphatic heterocycles. The predicted octanol–water partition coefficient (Wildman–Crippen LogP) is 4.58. The molecule has 2 atom stereocenters. The topological polar surface area (TPSA) is 84.9 Å². The Balaban J connectivity index is 1.47. The number of benzene rings is 2. The Bertz CT molecular complexity index is 1110. The van der Waals surface area contributed by atoms with Gasteiger partial charge in [-0.05, 0) is 62.4 Å². The zero-order valence-corrected chi connectivity index (χ0v) is 20.9. The average molecular weight is 487 g/mol. The number of nitrogens with one attached hydrogen (secondary N) is 1. The molecule has 2 aromatic rings. The van der Waals surface area contributed by atoms with Crippen LogP contribution in [0, 0.1) is 0 Å². The van der Waals surface area contributed by atoms with Crippen molar-refractivity contribution in [3.05, 3.63) is 54.1 Å². The molecule has 2 aliphatic rings. The van der Waals surface area contributed by atoms with Crippen LogP contribution < -0.4 is 19.1 Å². The highest BCUT2D eigenvalue weighted by Crippen LogP contribution is 2.46. The van der Waals surface area contributed by atoms with Gasteiger partial charge in [0.05, 0.1) is 18.0 Å². The maximum Gasteiger partial charge on any atom is 0.261 e. The number of nitrogens with zero attached hydrogens (tertiary/aromatic N) is 1. The average Bonchev–Trinajstić information content (AvgIpc) is 2.82. The zero-order valence-electron chi connectivity index (χ0n) is 20.1. The number of hydrogen-bond acceptors (Lipinski definition) is 5. The van der Waals surface area contributed by atoms with Crippen LogP contribution in [0.5, 0.6) is 11.5 Å². The molecule has 1 saturated carbocycles. The van der Waals surface area contributed by atoms with Crippen LogP contribution in [-0.2, 0) is 14.8 Å². The van der Waals surface area contributed by atoms with E-state index in [-0.39, 0.29) is 17.6 Å². The van der Waals surface area contributed by atoms with Gasteiger partial charge in [-0.3, -0.25) is 9.10 Å². The van der Waals surface area contributed by atoms with E-state index in [4.69, 9.17) is 9.47 Å². The van der Waals surface area contributed by atoms with Crippen molar-refractivity contribution in [1.29, 1.82) is 0 Å². The number of fused-ring (bicyclic) bond motifs is 1. The van der Waals surface area contributed by atoms with Gasteiger partial charge in [0.1, 0.15) is 17.1 Å². The molecule has 0 aromatic heterocycles. The third-order valence-corrected chi connectivity index (χ3v) is 8.12. The highest BCUT2D eigenvalue weighted by molar-refractivity contribution is 7.92. The van der Waals surface area contributed by atoms with Crippen molar-refractivity contribution in [1.82, 2.24) is 5.32 Å². The van der Waals surface area contributed by atoms with Gasteiger partial charge in [0.25, 0.3) is 5.91 Å². The number of ether oxygens (including phenoxy) is 2. The van der Waals surface area contributed by atoms with Crippen molar-refractivity contribution in [2.75, 3.05) is 17.6 Å². The summed E-state index contributed by atoms with van der Waals surface area (Å²) in [7, 11) is -1.85. The Morgan fingerprint density at radius 1 is 1.15 bits per heavy atom. The maximum atomic E-state index is 13.3. The molecule has 2 aromatic carbocycles. The van der Waals surface area contributed by atoms with Crippen molar-refractivity contribution >= 4 is 21.6 Å². The fraction of sp³-hybridized carbons (Fsp3) is 0.500. The molecule has 1 heterocycles. The van der Waals surface area contributed by atoms with Gasteiger partial charge in [-0.25, -0.2) is 8.42 Å². The van der Waals surface area contributed by atoms with Gasteiger partial charge in [-0.15, -0.1) is 0 Å². The monoisotopic (exact) mass is 486 g/mol. The van der Waals surface area contributed by atoms with Crippen molar-refractivity contribution in [3.63, 3.8) is 0 Å². The van der Waals surface area contributed by atoms with Crippen LogP contribution in [0.1, 0.15) is 63.5 Å². The Kier molecular flexibility index (Phi) is 7.07. The minimum absolute atomic E-state index is 0.126. The minimum atomic E-state index is -3.34. The van der Waals surface area contributed by atoms with E-state index in [0.29, 0.717) is 17.9 Å². The number of hydrogen-bond donors (Lipinski definition) is 1. The first kappa shape index (κ1) is 24.4. The van der Waals surface area contributed by atoms with E-state index in [2.05, 4.69) is 5.32 Å². The van der Waals surface area contributed by atoms with Crippen LogP contribution in [0.2, 0.25) is 0 Å². The molecule has 0 bridgehead atoms. The Morgan fingerprint density at radius 3 is 2.47 bits per heavy atom. The molecule has 1 fully saturated rings. The molecule has 0 saturated heterocycles. The maximum absolute atomic E-state index is 13.3. The number of rotatable bonds is 7. The van der Waals surface area contributed by atoms with Crippen LogP contribution in [0.15, 0.2) is 48.5 Å². The quantitative estimate of drug-likeness (QED) is 0.619. The standard InChI is InChI=1S/C26H34N2O5S/c1-4-23(32-20-14-12-19(13-15-20)28(2)34(3,30)31)25(29)27-22-18-26(16-8-5-9-17-26)33-24-11-7-6-10-21(22)24/h6-7,10-15,22-23H,4-5,8-9,16-18H2,1-3H3,(H,27,29)/t22-,23-/m1/s1. The first-order valence-corrected chi connectivity index (χ1v) is 13.8. The molecular formula is C26H34N2O5S.